The Morgan fingerprint density at radius 1 is 1.43 bits per heavy atom. The van der Waals surface area contributed by atoms with E-state index in [1.54, 1.807) is 0 Å². The Kier molecular flexibility index (Phi) is 7.14. The molecule has 23 heavy (non-hydrogen) atoms. The van der Waals surface area contributed by atoms with Crippen LogP contribution in [0, 0.1) is 0 Å². The SMILES string of the molecule is CCCNc1nnc(SCC(=O)N[C@H](C)c2cccc(Cl)c2)s1. The Labute approximate surface area is 149 Å². The van der Waals surface area contributed by atoms with E-state index in [1.807, 2.05) is 31.2 Å². The van der Waals surface area contributed by atoms with E-state index in [0.717, 1.165) is 28.0 Å². The second-order valence-corrected chi connectivity index (χ2v) is 7.57. The van der Waals surface area contributed by atoms with Gasteiger partial charge >= 0.3 is 0 Å². The third kappa shape index (κ3) is 6.01. The highest BCUT2D eigenvalue weighted by molar-refractivity contribution is 8.01. The van der Waals surface area contributed by atoms with Gasteiger partial charge < -0.3 is 10.6 Å². The number of nitrogens with zero attached hydrogens (tertiary/aromatic N) is 2. The molecule has 1 aromatic heterocycles. The summed E-state index contributed by atoms with van der Waals surface area (Å²) in [5.41, 5.74) is 0.984. The summed E-state index contributed by atoms with van der Waals surface area (Å²) in [7, 11) is 0. The van der Waals surface area contributed by atoms with Gasteiger partial charge in [0.15, 0.2) is 4.34 Å². The maximum Gasteiger partial charge on any atom is 0.230 e. The summed E-state index contributed by atoms with van der Waals surface area (Å²) in [4.78, 5) is 12.0. The number of aromatic nitrogens is 2. The van der Waals surface area contributed by atoms with Gasteiger partial charge in [0.1, 0.15) is 0 Å². The summed E-state index contributed by atoms with van der Waals surface area (Å²) in [6.07, 6.45) is 1.03. The highest BCUT2D eigenvalue weighted by atomic mass is 35.5. The van der Waals surface area contributed by atoms with Crippen LogP contribution in [-0.2, 0) is 4.79 Å². The molecule has 1 atom stereocenters. The predicted molar refractivity (Wildman–Crippen MR) is 97.4 cm³/mol. The number of nitrogens with one attached hydrogen (secondary N) is 2. The summed E-state index contributed by atoms with van der Waals surface area (Å²) < 4.78 is 0.786. The first-order valence-corrected chi connectivity index (χ1v) is 9.51. The third-order valence-electron chi connectivity index (χ3n) is 2.99. The van der Waals surface area contributed by atoms with Crippen LogP contribution in [0.5, 0.6) is 0 Å². The van der Waals surface area contributed by atoms with Crippen LogP contribution in [0.2, 0.25) is 5.02 Å². The first kappa shape index (κ1) is 18.0. The molecule has 0 radical (unpaired) electrons. The minimum absolute atomic E-state index is 0.0410. The van der Waals surface area contributed by atoms with Crippen molar-refractivity contribution in [1.82, 2.24) is 15.5 Å². The van der Waals surface area contributed by atoms with Crippen molar-refractivity contribution in [2.24, 2.45) is 0 Å². The van der Waals surface area contributed by atoms with Crippen LogP contribution in [0.15, 0.2) is 28.6 Å². The summed E-state index contributed by atoms with van der Waals surface area (Å²) in [5.74, 6) is 0.272. The molecule has 1 heterocycles. The summed E-state index contributed by atoms with van der Waals surface area (Å²) in [6, 6.07) is 7.41. The maximum absolute atomic E-state index is 12.0. The van der Waals surface area contributed by atoms with Gasteiger partial charge in [0.05, 0.1) is 11.8 Å². The quantitative estimate of drug-likeness (QED) is 0.688. The molecule has 0 saturated heterocycles. The van der Waals surface area contributed by atoms with E-state index < -0.39 is 0 Å². The fourth-order valence-electron chi connectivity index (χ4n) is 1.84. The number of rotatable bonds is 8. The van der Waals surface area contributed by atoms with Gasteiger partial charge in [-0.3, -0.25) is 4.79 Å². The van der Waals surface area contributed by atoms with Gasteiger partial charge in [0.25, 0.3) is 0 Å². The van der Waals surface area contributed by atoms with Crippen molar-refractivity contribution in [3.63, 3.8) is 0 Å². The fourth-order valence-corrected chi connectivity index (χ4v) is 3.63. The lowest BCUT2D eigenvalue weighted by Crippen LogP contribution is -2.28. The van der Waals surface area contributed by atoms with Gasteiger partial charge in [-0.15, -0.1) is 10.2 Å². The third-order valence-corrected chi connectivity index (χ3v) is 5.23. The lowest BCUT2D eigenvalue weighted by Gasteiger charge is -2.14. The lowest BCUT2D eigenvalue weighted by molar-refractivity contribution is -0.119. The van der Waals surface area contributed by atoms with Gasteiger partial charge in [0.2, 0.25) is 11.0 Å². The van der Waals surface area contributed by atoms with Crippen molar-refractivity contribution < 1.29 is 4.79 Å². The minimum atomic E-state index is -0.0852. The number of benzene rings is 1. The van der Waals surface area contributed by atoms with Crippen LogP contribution >= 0.6 is 34.7 Å². The molecule has 0 aliphatic rings. The van der Waals surface area contributed by atoms with Gasteiger partial charge in [-0.2, -0.15) is 0 Å². The molecule has 0 aliphatic heterocycles. The molecular weight excluding hydrogens is 352 g/mol. The molecule has 1 amide bonds. The van der Waals surface area contributed by atoms with Crippen molar-refractivity contribution in [1.29, 1.82) is 0 Å². The molecule has 124 valence electrons. The Morgan fingerprint density at radius 3 is 3.00 bits per heavy atom. The Hall–Kier alpha value is -1.31. The molecule has 0 unspecified atom stereocenters. The zero-order valence-electron chi connectivity index (χ0n) is 13.0. The largest absolute Gasteiger partial charge is 0.360 e. The smallest absolute Gasteiger partial charge is 0.230 e. The van der Waals surface area contributed by atoms with Crippen LogP contribution in [0.25, 0.3) is 0 Å². The van der Waals surface area contributed by atoms with Crippen LogP contribution in [0.3, 0.4) is 0 Å². The summed E-state index contributed by atoms with van der Waals surface area (Å²) >= 11 is 8.82. The van der Waals surface area contributed by atoms with Crippen LogP contribution in [0.4, 0.5) is 5.13 Å². The lowest BCUT2D eigenvalue weighted by atomic mass is 10.1. The highest BCUT2D eigenvalue weighted by Gasteiger charge is 2.12. The second-order valence-electron chi connectivity index (χ2n) is 4.93. The van der Waals surface area contributed by atoms with Crippen molar-refractivity contribution >= 4 is 45.7 Å². The van der Waals surface area contributed by atoms with Crippen molar-refractivity contribution in [3.8, 4) is 0 Å². The second kappa shape index (κ2) is 9.10. The highest BCUT2D eigenvalue weighted by Crippen LogP contribution is 2.25. The first-order valence-electron chi connectivity index (χ1n) is 7.33. The van der Waals surface area contributed by atoms with E-state index in [1.165, 1.54) is 23.1 Å². The molecule has 0 spiro atoms. The monoisotopic (exact) mass is 370 g/mol. The van der Waals surface area contributed by atoms with Crippen molar-refractivity contribution in [3.05, 3.63) is 34.9 Å². The zero-order chi connectivity index (χ0) is 16.7. The van der Waals surface area contributed by atoms with Gasteiger partial charge in [0, 0.05) is 11.6 Å². The number of carbonyl (C=O) groups excluding carboxylic acids is 1. The van der Waals surface area contributed by atoms with E-state index >= 15 is 0 Å². The average Bonchev–Trinajstić information content (AvgIpc) is 2.99. The number of halogens is 1. The van der Waals surface area contributed by atoms with E-state index in [9.17, 15) is 4.79 Å². The normalized spacial score (nSPS) is 12.0. The van der Waals surface area contributed by atoms with Gasteiger partial charge in [-0.05, 0) is 31.0 Å². The van der Waals surface area contributed by atoms with Crippen LogP contribution in [0.1, 0.15) is 31.9 Å². The molecule has 0 saturated carbocycles. The molecule has 0 fully saturated rings. The van der Waals surface area contributed by atoms with E-state index in [4.69, 9.17) is 11.6 Å². The molecule has 0 aliphatic carbocycles. The molecular formula is C15H19ClN4OS2. The van der Waals surface area contributed by atoms with Crippen LogP contribution < -0.4 is 10.6 Å². The first-order chi connectivity index (χ1) is 11.1. The molecule has 2 N–H and O–H groups in total. The predicted octanol–water partition coefficient (Wildman–Crippen LogP) is 3.98. The number of thioether (sulfide) groups is 1. The molecule has 0 bridgehead atoms. The van der Waals surface area contributed by atoms with E-state index in [0.29, 0.717) is 10.8 Å². The summed E-state index contributed by atoms with van der Waals surface area (Å²) in [5, 5.41) is 15.7. The van der Waals surface area contributed by atoms with Crippen molar-refractivity contribution in [2.45, 2.75) is 30.6 Å². The number of carbonyl (C=O) groups is 1. The van der Waals surface area contributed by atoms with Crippen molar-refractivity contribution in [2.75, 3.05) is 17.6 Å². The number of hydrogen-bond donors (Lipinski definition) is 2. The van der Waals surface area contributed by atoms with Gasteiger partial charge in [-0.25, -0.2) is 0 Å². The molecule has 2 aromatic rings. The van der Waals surface area contributed by atoms with E-state index in [2.05, 4.69) is 27.8 Å². The maximum atomic E-state index is 12.0. The number of hydrogen-bond acceptors (Lipinski definition) is 6. The molecule has 8 heteroatoms. The van der Waals surface area contributed by atoms with Crippen LogP contribution in [-0.4, -0.2) is 28.4 Å². The Balaban J connectivity index is 1.79. The average molecular weight is 371 g/mol. The van der Waals surface area contributed by atoms with Gasteiger partial charge in [-0.1, -0.05) is 53.8 Å². The Bertz CT molecular complexity index is 650. The minimum Gasteiger partial charge on any atom is -0.360 e. The number of amides is 1. The van der Waals surface area contributed by atoms with E-state index in [-0.39, 0.29) is 11.9 Å². The molecule has 5 nitrogen and oxygen atoms in total. The fraction of sp³-hybridized carbons (Fsp3) is 0.400. The number of anilines is 1. The molecule has 2 rings (SSSR count). The molecule has 1 aromatic carbocycles. The standard InChI is InChI=1S/C15H19ClN4OS2/c1-3-7-17-14-19-20-15(23-14)22-9-13(21)18-10(2)11-5-4-6-12(16)8-11/h4-6,8,10H,3,7,9H2,1-2H3,(H,17,19)(H,18,21)/t10-/m1/s1. The topological polar surface area (TPSA) is 66.9 Å². The summed E-state index contributed by atoms with van der Waals surface area (Å²) in [6.45, 7) is 4.90. The zero-order valence-corrected chi connectivity index (χ0v) is 15.4. The Morgan fingerprint density at radius 2 is 2.26 bits per heavy atom.